The van der Waals surface area contributed by atoms with Gasteiger partial charge in [-0.05, 0) is 51.1 Å². The zero-order valence-corrected chi connectivity index (χ0v) is 12.8. The Hall–Kier alpha value is -1.42. The summed E-state index contributed by atoms with van der Waals surface area (Å²) in [7, 11) is 0. The number of nitrogens with zero attached hydrogens (tertiary/aromatic N) is 1. The molecule has 2 rings (SSSR count). The van der Waals surface area contributed by atoms with E-state index in [-0.39, 0.29) is 11.9 Å². The van der Waals surface area contributed by atoms with E-state index in [1.54, 1.807) is 12.1 Å². The minimum Gasteiger partial charge on any atom is -0.377 e. The molecule has 1 aromatic carbocycles. The van der Waals surface area contributed by atoms with Gasteiger partial charge < -0.3 is 5.32 Å². The lowest BCUT2D eigenvalue weighted by Crippen LogP contribution is -2.10. The Bertz CT molecular complexity index is 599. The number of hydrogen-bond acceptors (Lipinski definition) is 2. The molecule has 0 fully saturated rings. The minimum atomic E-state index is -0.207. The highest BCUT2D eigenvalue weighted by Crippen LogP contribution is 2.25. The third-order valence-electron chi connectivity index (χ3n) is 3.02. The number of anilines is 1. The van der Waals surface area contributed by atoms with Crippen LogP contribution in [0, 0.1) is 19.7 Å². The molecular formula is C15H16BrFN2. The SMILES string of the molecule is Cc1ccc(NC(C)c2cc(Br)ccc2F)c(C)n1. The zero-order chi connectivity index (χ0) is 14.0. The first kappa shape index (κ1) is 14.0. The van der Waals surface area contributed by atoms with E-state index in [9.17, 15) is 4.39 Å². The van der Waals surface area contributed by atoms with Gasteiger partial charge in [0.05, 0.1) is 17.4 Å². The molecule has 0 aliphatic rings. The van der Waals surface area contributed by atoms with E-state index in [1.165, 1.54) is 6.07 Å². The molecule has 0 saturated carbocycles. The number of pyridine rings is 1. The number of aryl methyl sites for hydroxylation is 2. The highest BCUT2D eigenvalue weighted by molar-refractivity contribution is 9.10. The molecule has 0 spiro atoms. The van der Waals surface area contributed by atoms with Crippen molar-refractivity contribution in [3.05, 3.63) is 57.6 Å². The molecule has 19 heavy (non-hydrogen) atoms. The van der Waals surface area contributed by atoms with Gasteiger partial charge in [0.1, 0.15) is 5.82 Å². The topological polar surface area (TPSA) is 24.9 Å². The van der Waals surface area contributed by atoms with Crippen LogP contribution in [0.2, 0.25) is 0 Å². The Morgan fingerprint density at radius 2 is 1.95 bits per heavy atom. The third-order valence-corrected chi connectivity index (χ3v) is 3.51. The molecule has 1 unspecified atom stereocenters. The number of rotatable bonds is 3. The molecule has 1 heterocycles. The van der Waals surface area contributed by atoms with Gasteiger partial charge in [0, 0.05) is 15.7 Å². The Kier molecular flexibility index (Phi) is 4.20. The summed E-state index contributed by atoms with van der Waals surface area (Å²) in [6.07, 6.45) is 0. The van der Waals surface area contributed by atoms with Crippen LogP contribution < -0.4 is 5.32 Å². The van der Waals surface area contributed by atoms with E-state index >= 15 is 0 Å². The summed E-state index contributed by atoms with van der Waals surface area (Å²) in [4.78, 5) is 4.39. The summed E-state index contributed by atoms with van der Waals surface area (Å²) < 4.78 is 14.7. The number of hydrogen-bond donors (Lipinski definition) is 1. The summed E-state index contributed by atoms with van der Waals surface area (Å²) in [5.41, 5.74) is 3.46. The molecule has 100 valence electrons. The molecule has 2 nitrogen and oxygen atoms in total. The molecule has 1 N–H and O–H groups in total. The molecule has 0 aliphatic heterocycles. The maximum Gasteiger partial charge on any atom is 0.128 e. The first-order chi connectivity index (χ1) is 8.97. The van der Waals surface area contributed by atoms with Crippen LogP contribution in [0.15, 0.2) is 34.8 Å². The lowest BCUT2D eigenvalue weighted by Gasteiger charge is -2.18. The van der Waals surface area contributed by atoms with E-state index in [2.05, 4.69) is 26.2 Å². The predicted octanol–water partition coefficient (Wildman–Crippen LogP) is 4.77. The van der Waals surface area contributed by atoms with Crippen molar-refractivity contribution < 1.29 is 4.39 Å². The summed E-state index contributed by atoms with van der Waals surface area (Å²) in [5.74, 6) is -0.207. The first-order valence-electron chi connectivity index (χ1n) is 6.13. The quantitative estimate of drug-likeness (QED) is 0.880. The van der Waals surface area contributed by atoms with Crippen molar-refractivity contribution in [1.82, 2.24) is 4.98 Å². The lowest BCUT2D eigenvalue weighted by atomic mass is 10.1. The summed E-state index contributed by atoms with van der Waals surface area (Å²) in [5, 5.41) is 3.30. The van der Waals surface area contributed by atoms with Crippen molar-refractivity contribution in [3.8, 4) is 0 Å². The number of benzene rings is 1. The fourth-order valence-electron chi connectivity index (χ4n) is 2.00. The second-order valence-corrected chi connectivity index (χ2v) is 5.53. The average Bonchev–Trinajstić information content (AvgIpc) is 2.35. The minimum absolute atomic E-state index is 0.124. The molecule has 2 aromatic rings. The van der Waals surface area contributed by atoms with Crippen LogP contribution in [-0.4, -0.2) is 4.98 Å². The summed E-state index contributed by atoms with van der Waals surface area (Å²) in [6.45, 7) is 5.83. The van der Waals surface area contributed by atoms with Gasteiger partial charge in [0.25, 0.3) is 0 Å². The predicted molar refractivity (Wildman–Crippen MR) is 79.8 cm³/mol. The largest absolute Gasteiger partial charge is 0.377 e. The van der Waals surface area contributed by atoms with Crippen molar-refractivity contribution in [1.29, 1.82) is 0 Å². The first-order valence-corrected chi connectivity index (χ1v) is 6.92. The molecule has 0 bridgehead atoms. The van der Waals surface area contributed by atoms with E-state index in [4.69, 9.17) is 0 Å². The molecule has 0 amide bonds. The maximum absolute atomic E-state index is 13.8. The zero-order valence-electron chi connectivity index (χ0n) is 11.2. The summed E-state index contributed by atoms with van der Waals surface area (Å²) >= 11 is 3.37. The van der Waals surface area contributed by atoms with Gasteiger partial charge in [-0.25, -0.2) is 4.39 Å². The molecule has 0 aliphatic carbocycles. The van der Waals surface area contributed by atoms with Crippen LogP contribution in [0.25, 0.3) is 0 Å². The monoisotopic (exact) mass is 322 g/mol. The second-order valence-electron chi connectivity index (χ2n) is 4.62. The van der Waals surface area contributed by atoms with Crippen molar-refractivity contribution in [3.63, 3.8) is 0 Å². The van der Waals surface area contributed by atoms with Crippen LogP contribution in [0.4, 0.5) is 10.1 Å². The molecule has 1 aromatic heterocycles. The van der Waals surface area contributed by atoms with Crippen LogP contribution in [0.5, 0.6) is 0 Å². The van der Waals surface area contributed by atoms with Crippen molar-refractivity contribution in [2.45, 2.75) is 26.8 Å². The van der Waals surface area contributed by atoms with Gasteiger partial charge in [-0.15, -0.1) is 0 Å². The Morgan fingerprint density at radius 1 is 1.21 bits per heavy atom. The average molecular weight is 323 g/mol. The van der Waals surface area contributed by atoms with Crippen LogP contribution in [-0.2, 0) is 0 Å². The third kappa shape index (κ3) is 3.32. The standard InChI is InChI=1S/C15H16BrFN2/c1-9-4-7-15(11(3)18-9)19-10(2)13-8-12(16)5-6-14(13)17/h4-8,10,19H,1-3H3. The Morgan fingerprint density at radius 3 is 2.63 bits per heavy atom. The van der Waals surface area contributed by atoms with Gasteiger partial charge >= 0.3 is 0 Å². The van der Waals surface area contributed by atoms with Crippen LogP contribution in [0.1, 0.15) is 29.9 Å². The highest BCUT2D eigenvalue weighted by atomic mass is 79.9. The molecule has 1 atom stereocenters. The second kappa shape index (κ2) is 5.70. The van der Waals surface area contributed by atoms with Gasteiger partial charge in [-0.1, -0.05) is 15.9 Å². The van der Waals surface area contributed by atoms with E-state index in [1.807, 2.05) is 32.9 Å². The molecule has 0 radical (unpaired) electrons. The van der Waals surface area contributed by atoms with Gasteiger partial charge in [-0.2, -0.15) is 0 Å². The van der Waals surface area contributed by atoms with E-state index < -0.39 is 0 Å². The van der Waals surface area contributed by atoms with Gasteiger partial charge in [0.15, 0.2) is 0 Å². The highest BCUT2D eigenvalue weighted by Gasteiger charge is 2.12. The van der Waals surface area contributed by atoms with Crippen molar-refractivity contribution in [2.75, 3.05) is 5.32 Å². The Balaban J connectivity index is 2.25. The Labute approximate surface area is 121 Å². The molecular weight excluding hydrogens is 307 g/mol. The van der Waals surface area contributed by atoms with E-state index in [0.717, 1.165) is 21.5 Å². The van der Waals surface area contributed by atoms with Crippen LogP contribution >= 0.6 is 15.9 Å². The number of aromatic nitrogens is 1. The van der Waals surface area contributed by atoms with Gasteiger partial charge in [0.2, 0.25) is 0 Å². The normalized spacial score (nSPS) is 12.3. The summed E-state index contributed by atoms with van der Waals surface area (Å²) in [6, 6.07) is 8.76. The van der Waals surface area contributed by atoms with Gasteiger partial charge in [-0.3, -0.25) is 4.98 Å². The van der Waals surface area contributed by atoms with E-state index in [0.29, 0.717) is 5.56 Å². The number of halogens is 2. The lowest BCUT2D eigenvalue weighted by molar-refractivity contribution is 0.600. The maximum atomic E-state index is 13.8. The van der Waals surface area contributed by atoms with Crippen molar-refractivity contribution >= 4 is 21.6 Å². The van der Waals surface area contributed by atoms with Crippen LogP contribution in [0.3, 0.4) is 0 Å². The number of nitrogens with one attached hydrogen (secondary N) is 1. The fraction of sp³-hybridized carbons (Fsp3) is 0.267. The molecule has 0 saturated heterocycles. The smallest absolute Gasteiger partial charge is 0.128 e. The molecule has 4 heteroatoms. The fourth-order valence-corrected chi connectivity index (χ4v) is 2.38. The van der Waals surface area contributed by atoms with Crippen molar-refractivity contribution in [2.24, 2.45) is 0 Å².